The number of benzene rings is 1. The van der Waals surface area contributed by atoms with Crippen LogP contribution in [0.1, 0.15) is 39.7 Å². The summed E-state index contributed by atoms with van der Waals surface area (Å²) in [5, 5.41) is 4.33. The number of hydrogen-bond donors (Lipinski definition) is 1. The van der Waals surface area contributed by atoms with Crippen LogP contribution in [0.5, 0.6) is 0 Å². The Morgan fingerprint density at radius 1 is 1.28 bits per heavy atom. The number of halogens is 1. The first-order valence-electron chi connectivity index (χ1n) is 9.64. The highest BCUT2D eigenvalue weighted by molar-refractivity contribution is 9.10. The number of carbonyl (C=O) groups excluding carboxylic acids is 1. The SMILES string of the molecule is CC(C)(C)OC(=O)N1CCC(n2c(=O)[nH]c3c(-n4cc(Br)cn4)cccc32)CC1. The predicted octanol–water partition coefficient (Wildman–Crippen LogP) is 3.85. The molecule has 154 valence electrons. The van der Waals surface area contributed by atoms with Crippen molar-refractivity contribution in [2.45, 2.75) is 45.3 Å². The van der Waals surface area contributed by atoms with Crippen LogP contribution in [-0.2, 0) is 4.74 Å². The van der Waals surface area contributed by atoms with Gasteiger partial charge in [-0.3, -0.25) is 4.57 Å². The summed E-state index contributed by atoms with van der Waals surface area (Å²) in [6, 6.07) is 5.81. The monoisotopic (exact) mass is 461 g/mol. The number of aromatic nitrogens is 4. The van der Waals surface area contributed by atoms with Crippen LogP contribution < -0.4 is 5.69 Å². The first-order valence-corrected chi connectivity index (χ1v) is 10.4. The molecule has 0 spiro atoms. The number of H-pyrrole nitrogens is 1. The second-order valence-electron chi connectivity index (χ2n) is 8.27. The van der Waals surface area contributed by atoms with Crippen molar-refractivity contribution >= 4 is 33.1 Å². The van der Waals surface area contributed by atoms with Crippen LogP contribution in [0.2, 0.25) is 0 Å². The van der Waals surface area contributed by atoms with Crippen LogP contribution in [0.25, 0.3) is 16.7 Å². The van der Waals surface area contributed by atoms with E-state index in [9.17, 15) is 9.59 Å². The number of likely N-dealkylation sites (tertiary alicyclic amines) is 1. The smallest absolute Gasteiger partial charge is 0.410 e. The summed E-state index contributed by atoms with van der Waals surface area (Å²) in [6.45, 7) is 6.70. The number of piperidine rings is 1. The fourth-order valence-electron chi connectivity index (χ4n) is 3.75. The summed E-state index contributed by atoms with van der Waals surface area (Å²) >= 11 is 3.41. The van der Waals surface area contributed by atoms with Gasteiger partial charge < -0.3 is 14.6 Å². The van der Waals surface area contributed by atoms with E-state index in [4.69, 9.17) is 4.74 Å². The van der Waals surface area contributed by atoms with Crippen LogP contribution in [-0.4, -0.2) is 49.0 Å². The molecular weight excluding hydrogens is 438 g/mol. The molecule has 3 heterocycles. The van der Waals surface area contributed by atoms with Crippen molar-refractivity contribution in [2.75, 3.05) is 13.1 Å². The second-order valence-corrected chi connectivity index (χ2v) is 9.19. The van der Waals surface area contributed by atoms with Crippen molar-refractivity contribution in [1.82, 2.24) is 24.2 Å². The third-order valence-electron chi connectivity index (χ3n) is 5.01. The lowest BCUT2D eigenvalue weighted by Gasteiger charge is -2.33. The molecule has 4 rings (SSSR count). The van der Waals surface area contributed by atoms with Crippen molar-refractivity contribution < 1.29 is 9.53 Å². The first kappa shape index (κ1) is 19.8. The van der Waals surface area contributed by atoms with Crippen molar-refractivity contribution in [3.05, 3.63) is 45.5 Å². The number of fused-ring (bicyclic) bond motifs is 1. The Hall–Kier alpha value is -2.55. The first-order chi connectivity index (χ1) is 13.7. The second kappa shape index (κ2) is 7.37. The number of rotatable bonds is 2. The number of nitrogens with zero attached hydrogens (tertiary/aromatic N) is 4. The molecule has 8 nitrogen and oxygen atoms in total. The molecule has 3 aromatic rings. The van der Waals surface area contributed by atoms with Crippen LogP contribution in [0.3, 0.4) is 0 Å². The Kier molecular flexibility index (Phi) is 5.02. The van der Waals surface area contributed by atoms with Gasteiger partial charge in [0.05, 0.1) is 27.4 Å². The van der Waals surface area contributed by atoms with Gasteiger partial charge in [-0.05, 0) is 61.7 Å². The fraction of sp³-hybridized carbons (Fsp3) is 0.450. The van der Waals surface area contributed by atoms with Gasteiger partial charge in [0, 0.05) is 25.3 Å². The topological polar surface area (TPSA) is 85.1 Å². The van der Waals surface area contributed by atoms with Crippen LogP contribution in [0.4, 0.5) is 4.79 Å². The minimum absolute atomic E-state index is 0.0227. The number of aromatic amines is 1. The quantitative estimate of drug-likeness (QED) is 0.627. The standard InChI is InChI=1S/C20H24BrN5O3/c1-20(2,3)29-19(28)24-9-7-14(8-10-24)26-16-6-4-5-15(17(16)23-18(26)27)25-12-13(21)11-22-25/h4-6,11-12,14H,7-10H2,1-3H3,(H,23,27). The van der Waals surface area contributed by atoms with Gasteiger partial charge in [-0.15, -0.1) is 0 Å². The summed E-state index contributed by atoms with van der Waals surface area (Å²) < 4.78 is 9.87. The number of carbonyl (C=O) groups is 1. The van der Waals surface area contributed by atoms with Gasteiger partial charge in [0.15, 0.2) is 0 Å². The van der Waals surface area contributed by atoms with Gasteiger partial charge in [0.1, 0.15) is 5.60 Å². The molecule has 1 amide bonds. The number of imidazole rings is 1. The molecule has 0 unspecified atom stereocenters. The lowest BCUT2D eigenvalue weighted by molar-refractivity contribution is 0.0189. The highest BCUT2D eigenvalue weighted by atomic mass is 79.9. The van der Waals surface area contributed by atoms with Crippen molar-refractivity contribution in [3.63, 3.8) is 0 Å². The van der Waals surface area contributed by atoms with Gasteiger partial charge in [0.2, 0.25) is 0 Å². The third kappa shape index (κ3) is 3.96. The average molecular weight is 462 g/mol. The van der Waals surface area contributed by atoms with Gasteiger partial charge in [0.25, 0.3) is 0 Å². The molecule has 29 heavy (non-hydrogen) atoms. The molecule has 0 bridgehead atoms. The highest BCUT2D eigenvalue weighted by Crippen LogP contribution is 2.28. The van der Waals surface area contributed by atoms with E-state index in [1.54, 1.807) is 15.8 Å². The zero-order valence-corrected chi connectivity index (χ0v) is 18.3. The molecule has 0 aliphatic carbocycles. The van der Waals surface area contributed by atoms with Crippen molar-refractivity contribution in [2.24, 2.45) is 0 Å². The Bertz CT molecular complexity index is 1100. The van der Waals surface area contributed by atoms with Gasteiger partial charge >= 0.3 is 11.8 Å². The minimum atomic E-state index is -0.514. The molecule has 1 aliphatic heterocycles. The van der Waals surface area contributed by atoms with Crippen LogP contribution in [0.15, 0.2) is 39.9 Å². The van der Waals surface area contributed by atoms with Gasteiger partial charge in [-0.2, -0.15) is 5.10 Å². The number of nitrogens with one attached hydrogen (secondary N) is 1. The molecule has 9 heteroatoms. The lowest BCUT2D eigenvalue weighted by atomic mass is 10.0. The Labute approximate surface area is 176 Å². The summed E-state index contributed by atoms with van der Waals surface area (Å²) in [5.74, 6) is 0. The van der Waals surface area contributed by atoms with E-state index in [1.807, 2.05) is 49.7 Å². The van der Waals surface area contributed by atoms with E-state index < -0.39 is 5.60 Å². The summed E-state index contributed by atoms with van der Waals surface area (Å²) in [6.07, 6.45) is 4.66. The average Bonchev–Trinajstić information content (AvgIpc) is 3.22. The van der Waals surface area contributed by atoms with E-state index in [0.29, 0.717) is 25.9 Å². The van der Waals surface area contributed by atoms with E-state index in [2.05, 4.69) is 26.0 Å². The number of amides is 1. The van der Waals surface area contributed by atoms with E-state index in [-0.39, 0.29) is 17.8 Å². The lowest BCUT2D eigenvalue weighted by Crippen LogP contribution is -2.43. The molecule has 0 saturated carbocycles. The third-order valence-corrected chi connectivity index (χ3v) is 5.42. The molecule has 1 N–H and O–H groups in total. The van der Waals surface area contributed by atoms with Gasteiger partial charge in [-0.25, -0.2) is 14.3 Å². The maximum absolute atomic E-state index is 12.8. The molecule has 1 saturated heterocycles. The molecule has 1 fully saturated rings. The maximum atomic E-state index is 12.8. The van der Waals surface area contributed by atoms with Crippen molar-refractivity contribution in [1.29, 1.82) is 0 Å². The van der Waals surface area contributed by atoms with E-state index >= 15 is 0 Å². The summed E-state index contributed by atoms with van der Waals surface area (Å²) in [5.41, 5.74) is 1.75. The predicted molar refractivity (Wildman–Crippen MR) is 113 cm³/mol. The van der Waals surface area contributed by atoms with Gasteiger partial charge in [-0.1, -0.05) is 6.07 Å². The summed E-state index contributed by atoms with van der Waals surface area (Å²) in [4.78, 5) is 29.8. The van der Waals surface area contributed by atoms with E-state index in [0.717, 1.165) is 21.2 Å². The Balaban J connectivity index is 1.59. The number of hydrogen-bond acceptors (Lipinski definition) is 4. The summed E-state index contributed by atoms with van der Waals surface area (Å²) in [7, 11) is 0. The van der Waals surface area contributed by atoms with Crippen molar-refractivity contribution in [3.8, 4) is 5.69 Å². The Morgan fingerprint density at radius 2 is 2.00 bits per heavy atom. The number of ether oxygens (including phenoxy) is 1. The van der Waals surface area contributed by atoms with Crippen LogP contribution >= 0.6 is 15.9 Å². The fourth-order valence-corrected chi connectivity index (χ4v) is 4.04. The Morgan fingerprint density at radius 3 is 2.62 bits per heavy atom. The zero-order chi connectivity index (χ0) is 20.8. The molecule has 2 aromatic heterocycles. The minimum Gasteiger partial charge on any atom is -0.444 e. The zero-order valence-electron chi connectivity index (χ0n) is 16.7. The molecular formula is C20H24BrN5O3. The normalized spacial score (nSPS) is 15.8. The van der Waals surface area contributed by atoms with E-state index in [1.165, 1.54) is 0 Å². The number of para-hydroxylation sites is 1. The molecule has 0 atom stereocenters. The largest absolute Gasteiger partial charge is 0.444 e. The molecule has 1 aliphatic rings. The van der Waals surface area contributed by atoms with Crippen LogP contribution in [0, 0.1) is 0 Å². The molecule has 1 aromatic carbocycles. The maximum Gasteiger partial charge on any atom is 0.410 e. The highest BCUT2D eigenvalue weighted by Gasteiger charge is 2.29. The molecule has 0 radical (unpaired) electrons.